The van der Waals surface area contributed by atoms with Crippen LogP contribution in [0.4, 0.5) is 0 Å². The van der Waals surface area contributed by atoms with Crippen molar-refractivity contribution in [2.24, 2.45) is 0 Å². The third-order valence-corrected chi connectivity index (χ3v) is 5.45. The van der Waals surface area contributed by atoms with Crippen molar-refractivity contribution in [3.05, 3.63) is 34.4 Å². The second-order valence-electron chi connectivity index (χ2n) is 7.76. The van der Waals surface area contributed by atoms with E-state index in [9.17, 15) is 19.8 Å². The minimum absolute atomic E-state index is 0.277. The highest BCUT2D eigenvalue weighted by Crippen LogP contribution is 2.25. The van der Waals surface area contributed by atoms with Crippen LogP contribution < -0.4 is 0 Å². The number of rotatable bonds is 16. The molecule has 0 radical (unpaired) electrons. The molecule has 0 aliphatic heterocycles. The Morgan fingerprint density at radius 3 is 1.25 bits per heavy atom. The maximum absolute atomic E-state index is 11.7. The van der Waals surface area contributed by atoms with E-state index in [1.165, 1.54) is 50.7 Å². The third-order valence-electron chi connectivity index (χ3n) is 5.45. The summed E-state index contributed by atoms with van der Waals surface area (Å²) < 4.78 is 0. The molecule has 0 aromatic heterocycles. The van der Waals surface area contributed by atoms with Crippen LogP contribution in [0.1, 0.15) is 123 Å². The maximum atomic E-state index is 11.7. The Balaban J connectivity index is 2.88. The van der Waals surface area contributed by atoms with Crippen LogP contribution in [0.15, 0.2) is 12.1 Å². The van der Waals surface area contributed by atoms with Gasteiger partial charge in [-0.2, -0.15) is 0 Å². The first-order valence-electron chi connectivity index (χ1n) is 11.1. The topological polar surface area (TPSA) is 74.6 Å². The number of benzene rings is 1. The lowest BCUT2D eigenvalue weighted by molar-refractivity contribution is 0.0679. The number of hydrogen-bond donors (Lipinski definition) is 2. The van der Waals surface area contributed by atoms with Gasteiger partial charge >= 0.3 is 11.9 Å². The Labute approximate surface area is 170 Å². The predicted molar refractivity (Wildman–Crippen MR) is 115 cm³/mol. The van der Waals surface area contributed by atoms with Gasteiger partial charge in [0.05, 0.1) is 11.1 Å². The molecule has 0 fully saturated rings. The lowest BCUT2D eigenvalue weighted by Gasteiger charge is -2.16. The summed E-state index contributed by atoms with van der Waals surface area (Å²) in [4.78, 5) is 23.5. The molecule has 2 N–H and O–H groups in total. The quantitative estimate of drug-likeness (QED) is 0.301. The van der Waals surface area contributed by atoms with Crippen LogP contribution in [0.25, 0.3) is 0 Å². The Morgan fingerprint density at radius 1 is 0.607 bits per heavy atom. The molecular formula is C24H38O4. The summed E-state index contributed by atoms with van der Waals surface area (Å²) in [6.45, 7) is 4.37. The van der Waals surface area contributed by atoms with Gasteiger partial charge in [0.15, 0.2) is 0 Å². The Bertz CT molecular complexity index is 554. The minimum atomic E-state index is -0.956. The molecule has 158 valence electrons. The summed E-state index contributed by atoms with van der Waals surface area (Å²) in [6, 6.07) is 2.95. The van der Waals surface area contributed by atoms with Crippen LogP contribution in [0.2, 0.25) is 0 Å². The van der Waals surface area contributed by atoms with Crippen molar-refractivity contribution in [1.29, 1.82) is 0 Å². The summed E-state index contributed by atoms with van der Waals surface area (Å²) in [7, 11) is 0. The monoisotopic (exact) mass is 390 g/mol. The fourth-order valence-electron chi connectivity index (χ4n) is 3.83. The van der Waals surface area contributed by atoms with E-state index in [-0.39, 0.29) is 11.1 Å². The van der Waals surface area contributed by atoms with Crippen molar-refractivity contribution >= 4 is 11.9 Å². The number of aromatic carboxylic acids is 2. The van der Waals surface area contributed by atoms with E-state index < -0.39 is 11.9 Å². The van der Waals surface area contributed by atoms with Gasteiger partial charge in [-0.3, -0.25) is 0 Å². The van der Waals surface area contributed by atoms with Crippen molar-refractivity contribution in [2.75, 3.05) is 0 Å². The summed E-state index contributed by atoms with van der Waals surface area (Å²) in [6.07, 6.45) is 14.9. The molecule has 1 aromatic rings. The van der Waals surface area contributed by atoms with Gasteiger partial charge in [0.25, 0.3) is 0 Å². The molecule has 0 heterocycles. The van der Waals surface area contributed by atoms with Crippen LogP contribution in [-0.4, -0.2) is 22.2 Å². The van der Waals surface area contributed by atoms with Crippen LogP contribution in [-0.2, 0) is 12.8 Å². The van der Waals surface area contributed by atoms with Gasteiger partial charge in [-0.15, -0.1) is 0 Å². The summed E-state index contributed by atoms with van der Waals surface area (Å²) in [5.41, 5.74) is 2.05. The van der Waals surface area contributed by atoms with Gasteiger partial charge in [-0.1, -0.05) is 78.1 Å². The van der Waals surface area contributed by atoms with Gasteiger partial charge in [0.1, 0.15) is 0 Å². The number of carboxylic acids is 2. The van der Waals surface area contributed by atoms with Gasteiger partial charge in [-0.25, -0.2) is 9.59 Å². The van der Waals surface area contributed by atoms with E-state index in [1.54, 1.807) is 0 Å². The van der Waals surface area contributed by atoms with E-state index in [4.69, 9.17) is 0 Å². The molecule has 0 atom stereocenters. The number of unbranched alkanes of at least 4 members (excludes halogenated alkanes) is 10. The van der Waals surface area contributed by atoms with Crippen LogP contribution in [0.5, 0.6) is 0 Å². The lowest BCUT2D eigenvalue weighted by atomic mass is 9.88. The van der Waals surface area contributed by atoms with Crippen molar-refractivity contribution < 1.29 is 19.8 Å². The first-order chi connectivity index (χ1) is 13.5. The second kappa shape index (κ2) is 14.2. The summed E-state index contributed by atoms with van der Waals surface area (Å²) in [5, 5.41) is 19.2. The van der Waals surface area contributed by atoms with E-state index >= 15 is 0 Å². The first kappa shape index (κ1) is 24.2. The molecule has 1 rings (SSSR count). The molecule has 4 heteroatoms. The van der Waals surface area contributed by atoms with Gasteiger partial charge in [0, 0.05) is 0 Å². The molecule has 0 saturated carbocycles. The molecule has 0 bridgehead atoms. The van der Waals surface area contributed by atoms with Gasteiger partial charge in [-0.05, 0) is 48.9 Å². The Morgan fingerprint density at radius 2 is 0.929 bits per heavy atom. The predicted octanol–water partition coefficient (Wildman–Crippen LogP) is 6.89. The zero-order valence-corrected chi connectivity index (χ0v) is 17.8. The van der Waals surface area contributed by atoms with E-state index in [2.05, 4.69) is 13.8 Å². The van der Waals surface area contributed by atoms with E-state index in [0.717, 1.165) is 49.7 Å². The van der Waals surface area contributed by atoms with Crippen molar-refractivity contribution in [3.63, 3.8) is 0 Å². The van der Waals surface area contributed by atoms with Crippen molar-refractivity contribution in [1.82, 2.24) is 0 Å². The molecule has 0 spiro atoms. The van der Waals surface area contributed by atoms with Crippen LogP contribution in [0.3, 0.4) is 0 Å². The highest BCUT2D eigenvalue weighted by molar-refractivity contribution is 5.95. The normalized spacial score (nSPS) is 10.9. The largest absolute Gasteiger partial charge is 0.478 e. The zero-order valence-electron chi connectivity index (χ0n) is 17.8. The Hall–Kier alpha value is -1.84. The Kier molecular flexibility index (Phi) is 12.3. The zero-order chi connectivity index (χ0) is 20.8. The highest BCUT2D eigenvalue weighted by atomic mass is 16.4. The molecular weight excluding hydrogens is 352 g/mol. The molecule has 0 unspecified atom stereocenters. The second-order valence-corrected chi connectivity index (χ2v) is 7.76. The summed E-state index contributed by atoms with van der Waals surface area (Å²) >= 11 is 0. The number of carboxylic acid groups (broad SMARTS) is 2. The average molecular weight is 391 g/mol. The fraction of sp³-hybridized carbons (Fsp3) is 0.667. The van der Waals surface area contributed by atoms with Crippen LogP contribution in [0, 0.1) is 0 Å². The van der Waals surface area contributed by atoms with Gasteiger partial charge in [0.2, 0.25) is 0 Å². The average Bonchev–Trinajstić information content (AvgIpc) is 2.67. The molecule has 28 heavy (non-hydrogen) atoms. The molecule has 0 amide bonds. The molecule has 1 aromatic carbocycles. The molecule has 0 aliphatic rings. The minimum Gasteiger partial charge on any atom is -0.478 e. The van der Waals surface area contributed by atoms with Crippen molar-refractivity contribution in [2.45, 2.75) is 104 Å². The maximum Gasteiger partial charge on any atom is 0.335 e. The standard InChI is InChI=1S/C24H38O4/c1-3-5-7-9-11-13-15-19-20(16-14-12-10-8-6-4-2)22(24(27)28)18-17-21(19)23(25)26/h17-18H,3-16H2,1-2H3,(H,25,26)(H,27,28). The van der Waals surface area contributed by atoms with E-state index in [1.807, 2.05) is 0 Å². The number of hydrogen-bond acceptors (Lipinski definition) is 2. The molecule has 0 saturated heterocycles. The molecule has 0 aliphatic carbocycles. The van der Waals surface area contributed by atoms with Crippen molar-refractivity contribution in [3.8, 4) is 0 Å². The number of carbonyl (C=O) groups is 2. The highest BCUT2D eigenvalue weighted by Gasteiger charge is 2.20. The molecule has 4 nitrogen and oxygen atoms in total. The van der Waals surface area contributed by atoms with Crippen LogP contribution >= 0.6 is 0 Å². The van der Waals surface area contributed by atoms with Gasteiger partial charge < -0.3 is 10.2 Å². The summed E-state index contributed by atoms with van der Waals surface area (Å²) in [5.74, 6) is -1.91. The third kappa shape index (κ3) is 8.45. The smallest absolute Gasteiger partial charge is 0.335 e. The fourth-order valence-corrected chi connectivity index (χ4v) is 3.83. The lowest BCUT2D eigenvalue weighted by Crippen LogP contribution is -2.12. The first-order valence-corrected chi connectivity index (χ1v) is 11.1. The SMILES string of the molecule is CCCCCCCCc1c(C(=O)O)ccc(C(=O)O)c1CCCCCCCC. The van der Waals surface area contributed by atoms with E-state index in [0.29, 0.717) is 12.8 Å².